The Balaban J connectivity index is 1.16. The minimum atomic E-state index is -0.459. The van der Waals surface area contributed by atoms with Crippen molar-refractivity contribution in [3.8, 4) is 11.3 Å². The maximum absolute atomic E-state index is 13.4. The van der Waals surface area contributed by atoms with Crippen molar-refractivity contribution in [1.82, 2.24) is 20.2 Å². The lowest BCUT2D eigenvalue weighted by molar-refractivity contribution is 0.0909. The lowest BCUT2D eigenvalue weighted by Gasteiger charge is -2.32. The van der Waals surface area contributed by atoms with Crippen LogP contribution in [0.3, 0.4) is 0 Å². The third-order valence-electron chi connectivity index (χ3n) is 6.34. The number of likely N-dealkylation sites (tertiary alicyclic amines) is 1. The maximum Gasteiger partial charge on any atom is 0.253 e. The molecule has 0 aliphatic carbocycles. The van der Waals surface area contributed by atoms with Gasteiger partial charge in [-0.15, -0.1) is 0 Å². The Morgan fingerprint density at radius 3 is 2.43 bits per heavy atom. The van der Waals surface area contributed by atoms with Crippen LogP contribution >= 0.6 is 0 Å². The second-order valence-electron chi connectivity index (χ2n) is 8.89. The van der Waals surface area contributed by atoms with Crippen LogP contribution in [-0.2, 0) is 6.42 Å². The number of piperidine rings is 1. The van der Waals surface area contributed by atoms with E-state index in [9.17, 15) is 14.0 Å². The number of carbonyl (C=O) groups excluding carboxylic acids is 2. The second kappa shape index (κ2) is 11.7. The van der Waals surface area contributed by atoms with E-state index < -0.39 is 5.91 Å². The van der Waals surface area contributed by atoms with Gasteiger partial charge in [-0.25, -0.2) is 4.39 Å². The smallest absolute Gasteiger partial charge is 0.253 e. The van der Waals surface area contributed by atoms with Gasteiger partial charge in [0.2, 0.25) is 5.91 Å². The number of nitrogens with zero attached hydrogens (tertiary/aromatic N) is 3. The number of rotatable bonds is 9. The van der Waals surface area contributed by atoms with Crippen LogP contribution in [0.4, 0.5) is 4.39 Å². The fraction of sp³-hybridized carbons (Fsp3) is 0.333. The van der Waals surface area contributed by atoms with Gasteiger partial charge < -0.3 is 16.0 Å². The van der Waals surface area contributed by atoms with E-state index in [2.05, 4.69) is 20.2 Å². The van der Waals surface area contributed by atoms with Gasteiger partial charge in [0.25, 0.3) is 5.91 Å². The predicted molar refractivity (Wildman–Crippen MR) is 132 cm³/mol. The first-order valence-electron chi connectivity index (χ1n) is 12.0. The molecule has 0 saturated carbocycles. The minimum absolute atomic E-state index is 0.128. The molecule has 1 fully saturated rings. The molecule has 7 nitrogen and oxygen atoms in total. The predicted octanol–water partition coefficient (Wildman–Crippen LogP) is 3.60. The number of aromatic nitrogens is 2. The molecule has 0 radical (unpaired) electrons. The van der Waals surface area contributed by atoms with E-state index in [0.29, 0.717) is 22.4 Å². The summed E-state index contributed by atoms with van der Waals surface area (Å²) in [6, 6.07) is 13.5. The Morgan fingerprint density at radius 1 is 1.00 bits per heavy atom. The third kappa shape index (κ3) is 6.93. The third-order valence-corrected chi connectivity index (χ3v) is 6.34. The molecule has 3 aromatic rings. The van der Waals surface area contributed by atoms with Crippen molar-refractivity contribution in [2.24, 2.45) is 5.73 Å². The second-order valence-corrected chi connectivity index (χ2v) is 8.89. The van der Waals surface area contributed by atoms with Crippen LogP contribution in [0.25, 0.3) is 11.3 Å². The molecule has 2 amide bonds. The summed E-state index contributed by atoms with van der Waals surface area (Å²) in [5.74, 6) is -0.901. The molecule has 8 heteroatoms. The van der Waals surface area contributed by atoms with E-state index in [-0.39, 0.29) is 17.8 Å². The summed E-state index contributed by atoms with van der Waals surface area (Å²) in [5.41, 5.74) is 8.46. The van der Waals surface area contributed by atoms with Crippen molar-refractivity contribution < 1.29 is 14.0 Å². The van der Waals surface area contributed by atoms with Gasteiger partial charge in [0.15, 0.2) is 0 Å². The summed E-state index contributed by atoms with van der Waals surface area (Å²) in [5, 5.41) is 3.12. The van der Waals surface area contributed by atoms with Gasteiger partial charge >= 0.3 is 0 Å². The number of benzene rings is 1. The van der Waals surface area contributed by atoms with Crippen LogP contribution in [0, 0.1) is 5.82 Å². The Morgan fingerprint density at radius 2 is 1.77 bits per heavy atom. The van der Waals surface area contributed by atoms with Crippen LogP contribution in [0.2, 0.25) is 0 Å². The highest BCUT2D eigenvalue weighted by Gasteiger charge is 2.21. The van der Waals surface area contributed by atoms with Gasteiger partial charge in [0.05, 0.1) is 16.8 Å². The monoisotopic (exact) mass is 475 g/mol. The quantitative estimate of drug-likeness (QED) is 0.461. The van der Waals surface area contributed by atoms with Crippen LogP contribution in [-0.4, -0.2) is 52.4 Å². The molecule has 1 saturated heterocycles. The average Bonchev–Trinajstić information content (AvgIpc) is 2.88. The van der Waals surface area contributed by atoms with Crippen LogP contribution in [0.15, 0.2) is 60.9 Å². The minimum Gasteiger partial charge on any atom is -0.366 e. The number of unbranched alkanes of at least 4 members (excludes halogenated alkanes) is 1. The molecule has 0 spiro atoms. The van der Waals surface area contributed by atoms with E-state index in [4.69, 9.17) is 5.73 Å². The summed E-state index contributed by atoms with van der Waals surface area (Å²) < 4.78 is 13.4. The molecular weight excluding hydrogens is 445 g/mol. The van der Waals surface area contributed by atoms with Gasteiger partial charge in [0, 0.05) is 42.8 Å². The number of amides is 2. The first-order valence-corrected chi connectivity index (χ1v) is 12.0. The zero-order valence-corrected chi connectivity index (χ0v) is 19.6. The van der Waals surface area contributed by atoms with Gasteiger partial charge in [-0.05, 0) is 75.0 Å². The molecule has 1 aromatic carbocycles. The molecule has 0 unspecified atom stereocenters. The summed E-state index contributed by atoms with van der Waals surface area (Å²) >= 11 is 0. The van der Waals surface area contributed by atoms with E-state index in [0.717, 1.165) is 57.4 Å². The number of primary amides is 1. The molecule has 1 aliphatic rings. The highest BCUT2D eigenvalue weighted by Crippen LogP contribution is 2.18. The fourth-order valence-electron chi connectivity index (χ4n) is 4.28. The Bertz CT molecular complexity index is 1140. The van der Waals surface area contributed by atoms with Crippen LogP contribution in [0.5, 0.6) is 0 Å². The van der Waals surface area contributed by atoms with Gasteiger partial charge in [0.1, 0.15) is 5.82 Å². The molecule has 2 aromatic heterocycles. The number of hydrogen-bond donors (Lipinski definition) is 2. The van der Waals surface area contributed by atoms with Crippen LogP contribution in [0.1, 0.15) is 52.1 Å². The first-order chi connectivity index (χ1) is 17.0. The molecule has 182 valence electrons. The molecular formula is C27H30FN5O2. The van der Waals surface area contributed by atoms with Gasteiger partial charge in [-0.3, -0.25) is 19.6 Å². The normalized spacial score (nSPS) is 14.5. The van der Waals surface area contributed by atoms with Gasteiger partial charge in [-0.1, -0.05) is 12.1 Å². The molecule has 35 heavy (non-hydrogen) atoms. The lowest BCUT2D eigenvalue weighted by Crippen LogP contribution is -2.44. The van der Waals surface area contributed by atoms with Crippen molar-refractivity contribution in [3.63, 3.8) is 0 Å². The topological polar surface area (TPSA) is 101 Å². The highest BCUT2D eigenvalue weighted by atomic mass is 19.1. The number of carbonyl (C=O) groups is 2. The van der Waals surface area contributed by atoms with Crippen molar-refractivity contribution in [1.29, 1.82) is 0 Å². The first kappa shape index (κ1) is 24.5. The summed E-state index contributed by atoms with van der Waals surface area (Å²) in [6.07, 6.45) is 7.87. The fourth-order valence-corrected chi connectivity index (χ4v) is 4.28. The largest absolute Gasteiger partial charge is 0.366 e. The maximum atomic E-state index is 13.4. The number of halogens is 1. The van der Waals surface area contributed by atoms with E-state index in [1.54, 1.807) is 36.5 Å². The number of hydrogen-bond acceptors (Lipinski definition) is 5. The Hall–Kier alpha value is -3.65. The average molecular weight is 476 g/mol. The Labute approximate surface area is 204 Å². The summed E-state index contributed by atoms with van der Waals surface area (Å²) in [6.45, 7) is 2.92. The molecule has 3 heterocycles. The zero-order chi connectivity index (χ0) is 24.6. The summed E-state index contributed by atoms with van der Waals surface area (Å²) in [7, 11) is 0. The van der Waals surface area contributed by atoms with Crippen molar-refractivity contribution in [3.05, 3.63) is 83.6 Å². The SMILES string of the molecule is NC(=O)c1ccc(CCCCN2CCC(NC(=O)c3ccc(-c4cccc(F)c4)nc3)CC2)nc1. The number of pyridine rings is 2. The molecule has 1 aliphatic heterocycles. The van der Waals surface area contributed by atoms with E-state index in [1.807, 2.05) is 6.07 Å². The molecule has 0 atom stereocenters. The standard InChI is InChI=1S/C27H30FN5O2/c28-22-5-3-4-19(16-22)25-10-8-21(18-31-25)27(35)32-24-11-14-33(15-12-24)13-2-1-6-23-9-7-20(17-30-23)26(29)34/h3-5,7-10,16-18,24H,1-2,6,11-15H2,(H2,29,34)(H,32,35). The van der Waals surface area contributed by atoms with Crippen molar-refractivity contribution in [2.45, 2.75) is 38.1 Å². The molecule has 3 N–H and O–H groups in total. The zero-order valence-electron chi connectivity index (χ0n) is 19.6. The number of nitrogens with two attached hydrogens (primary N) is 1. The van der Waals surface area contributed by atoms with Gasteiger partial charge in [-0.2, -0.15) is 0 Å². The van der Waals surface area contributed by atoms with E-state index >= 15 is 0 Å². The highest BCUT2D eigenvalue weighted by molar-refractivity contribution is 5.94. The number of nitrogens with one attached hydrogen (secondary N) is 1. The van der Waals surface area contributed by atoms with Crippen LogP contribution < -0.4 is 11.1 Å². The van der Waals surface area contributed by atoms with Crippen molar-refractivity contribution in [2.75, 3.05) is 19.6 Å². The van der Waals surface area contributed by atoms with Crippen molar-refractivity contribution >= 4 is 11.8 Å². The summed E-state index contributed by atoms with van der Waals surface area (Å²) in [4.78, 5) is 34.8. The molecule has 0 bridgehead atoms. The lowest BCUT2D eigenvalue weighted by atomic mass is 10.0. The van der Waals surface area contributed by atoms with E-state index in [1.165, 1.54) is 18.3 Å². The Kier molecular flexibility index (Phi) is 8.15. The molecule has 4 rings (SSSR count). The number of aryl methyl sites for hydroxylation is 1.